The molecule has 13 heavy (non-hydrogen) atoms. The summed E-state index contributed by atoms with van der Waals surface area (Å²) < 4.78 is 0. The fraction of sp³-hybridized carbons (Fsp3) is 0.300. The molecule has 0 spiro atoms. The smallest absolute Gasteiger partial charge is 0.0613 e. The van der Waals surface area contributed by atoms with Crippen LogP contribution in [0.15, 0.2) is 18.2 Å². The molecule has 1 nitrogen and oxygen atoms in total. The fourth-order valence-corrected chi connectivity index (χ4v) is 1.67. The number of hydrogen-bond donors (Lipinski definition) is 1. The molecule has 1 aromatic carbocycles. The molecule has 3 heteroatoms. The average Bonchev–Trinajstić information content (AvgIpc) is 2.07. The van der Waals surface area contributed by atoms with Crippen LogP contribution >= 0.6 is 23.4 Å². The van der Waals surface area contributed by atoms with E-state index < -0.39 is 0 Å². The van der Waals surface area contributed by atoms with Crippen LogP contribution in [0.2, 0.25) is 5.02 Å². The van der Waals surface area contributed by atoms with E-state index in [0.29, 0.717) is 5.04 Å². The van der Waals surface area contributed by atoms with Gasteiger partial charge in [0.1, 0.15) is 0 Å². The van der Waals surface area contributed by atoms with Crippen molar-refractivity contribution in [1.29, 1.82) is 5.41 Å². The number of nitrogens with one attached hydrogen (secondary N) is 1. The Kier molecular flexibility index (Phi) is 3.82. The SMILES string of the molecule is CC(=N)SCc1ccc(Cl)c(C)c1. The van der Waals surface area contributed by atoms with Crippen LogP contribution in [0, 0.1) is 12.3 Å². The first-order valence-corrected chi connectivity index (χ1v) is 5.39. The van der Waals surface area contributed by atoms with Crippen LogP contribution < -0.4 is 0 Å². The topological polar surface area (TPSA) is 23.9 Å². The van der Waals surface area contributed by atoms with Crippen molar-refractivity contribution in [2.24, 2.45) is 0 Å². The lowest BCUT2D eigenvalue weighted by atomic mass is 10.2. The monoisotopic (exact) mass is 213 g/mol. The Morgan fingerprint density at radius 2 is 2.23 bits per heavy atom. The summed E-state index contributed by atoms with van der Waals surface area (Å²) in [5.41, 5.74) is 2.32. The van der Waals surface area contributed by atoms with E-state index in [1.807, 2.05) is 19.1 Å². The minimum Gasteiger partial charge on any atom is -0.299 e. The first kappa shape index (κ1) is 10.6. The van der Waals surface area contributed by atoms with Gasteiger partial charge in [0.05, 0.1) is 5.04 Å². The van der Waals surface area contributed by atoms with Crippen LogP contribution in [0.1, 0.15) is 18.1 Å². The predicted octanol–water partition coefficient (Wildman–Crippen LogP) is 3.88. The summed E-state index contributed by atoms with van der Waals surface area (Å²) in [6.07, 6.45) is 0. The minimum atomic E-state index is 0.646. The van der Waals surface area contributed by atoms with E-state index in [1.54, 1.807) is 6.92 Å². The molecule has 0 radical (unpaired) electrons. The molecule has 0 atom stereocenters. The summed E-state index contributed by atoms with van der Waals surface area (Å²) in [6, 6.07) is 5.98. The van der Waals surface area contributed by atoms with E-state index in [1.165, 1.54) is 17.3 Å². The fourth-order valence-electron chi connectivity index (χ4n) is 0.988. The van der Waals surface area contributed by atoms with Gasteiger partial charge in [-0.2, -0.15) is 0 Å². The molecule has 0 aliphatic heterocycles. The molecular weight excluding hydrogens is 202 g/mol. The molecule has 0 fully saturated rings. The highest BCUT2D eigenvalue weighted by molar-refractivity contribution is 8.13. The van der Waals surface area contributed by atoms with Gasteiger partial charge in [-0.25, -0.2) is 0 Å². The molecular formula is C10H12ClNS. The first-order valence-electron chi connectivity index (χ1n) is 4.02. The number of halogens is 1. The molecule has 1 aromatic rings. The zero-order chi connectivity index (χ0) is 9.84. The Bertz CT molecular complexity index is 323. The Labute approximate surface area is 88.0 Å². The maximum Gasteiger partial charge on any atom is 0.0613 e. The molecule has 0 heterocycles. The van der Waals surface area contributed by atoms with Crippen molar-refractivity contribution in [3.05, 3.63) is 34.3 Å². The lowest BCUT2D eigenvalue weighted by Gasteiger charge is -2.02. The van der Waals surface area contributed by atoms with E-state index >= 15 is 0 Å². The lowest BCUT2D eigenvalue weighted by molar-refractivity contribution is 1.36. The van der Waals surface area contributed by atoms with Gasteiger partial charge in [-0.3, -0.25) is 5.41 Å². The third kappa shape index (κ3) is 3.41. The number of hydrogen-bond acceptors (Lipinski definition) is 2. The molecule has 0 aliphatic rings. The first-order chi connectivity index (χ1) is 6.09. The summed E-state index contributed by atoms with van der Waals surface area (Å²) in [6.45, 7) is 3.79. The maximum atomic E-state index is 7.28. The highest BCUT2D eigenvalue weighted by Crippen LogP contribution is 2.19. The standard InChI is InChI=1S/C10H12ClNS/c1-7-5-9(3-4-10(7)11)6-13-8(2)12/h3-5,12H,6H2,1-2H3. The Morgan fingerprint density at radius 1 is 1.54 bits per heavy atom. The van der Waals surface area contributed by atoms with E-state index in [2.05, 4.69) is 6.07 Å². The second-order valence-corrected chi connectivity index (χ2v) is 4.53. The van der Waals surface area contributed by atoms with Crippen molar-refractivity contribution in [3.8, 4) is 0 Å². The van der Waals surface area contributed by atoms with E-state index in [9.17, 15) is 0 Å². The van der Waals surface area contributed by atoms with Gasteiger partial charge in [0, 0.05) is 10.8 Å². The lowest BCUT2D eigenvalue weighted by Crippen LogP contribution is -1.86. The molecule has 70 valence electrons. The van der Waals surface area contributed by atoms with E-state index in [4.69, 9.17) is 17.0 Å². The van der Waals surface area contributed by atoms with Gasteiger partial charge < -0.3 is 0 Å². The molecule has 1 rings (SSSR count). The van der Waals surface area contributed by atoms with Crippen molar-refractivity contribution in [2.45, 2.75) is 19.6 Å². The van der Waals surface area contributed by atoms with Crippen LogP contribution in [0.3, 0.4) is 0 Å². The van der Waals surface area contributed by atoms with Crippen LogP contribution in [0.4, 0.5) is 0 Å². The van der Waals surface area contributed by atoms with Crippen molar-refractivity contribution in [2.75, 3.05) is 0 Å². The Hall–Kier alpha value is -0.470. The Morgan fingerprint density at radius 3 is 2.77 bits per heavy atom. The summed E-state index contributed by atoms with van der Waals surface area (Å²) in [5.74, 6) is 0.855. The van der Waals surface area contributed by atoms with Crippen molar-refractivity contribution >= 4 is 28.4 Å². The third-order valence-corrected chi connectivity index (χ3v) is 3.01. The number of aryl methyl sites for hydroxylation is 1. The summed E-state index contributed by atoms with van der Waals surface area (Å²) in [5, 5.41) is 8.73. The van der Waals surface area contributed by atoms with Gasteiger partial charge in [0.25, 0.3) is 0 Å². The molecule has 1 N–H and O–H groups in total. The second kappa shape index (κ2) is 4.68. The molecule has 0 aliphatic carbocycles. The maximum absolute atomic E-state index is 7.28. The van der Waals surface area contributed by atoms with Crippen LogP contribution in [-0.4, -0.2) is 5.04 Å². The summed E-state index contributed by atoms with van der Waals surface area (Å²) in [4.78, 5) is 0. The van der Waals surface area contributed by atoms with Crippen LogP contribution in [-0.2, 0) is 5.75 Å². The van der Waals surface area contributed by atoms with Crippen molar-refractivity contribution < 1.29 is 0 Å². The van der Waals surface area contributed by atoms with Crippen LogP contribution in [0.25, 0.3) is 0 Å². The summed E-state index contributed by atoms with van der Waals surface area (Å²) in [7, 11) is 0. The second-order valence-electron chi connectivity index (χ2n) is 2.93. The van der Waals surface area contributed by atoms with E-state index in [-0.39, 0.29) is 0 Å². The number of rotatable bonds is 2. The molecule has 0 unspecified atom stereocenters. The highest BCUT2D eigenvalue weighted by atomic mass is 35.5. The predicted molar refractivity (Wildman–Crippen MR) is 60.9 cm³/mol. The quantitative estimate of drug-likeness (QED) is 0.585. The molecule has 0 aromatic heterocycles. The average molecular weight is 214 g/mol. The highest BCUT2D eigenvalue weighted by Gasteiger charge is 1.98. The van der Waals surface area contributed by atoms with Gasteiger partial charge in [0.2, 0.25) is 0 Å². The Balaban J connectivity index is 2.68. The third-order valence-electron chi connectivity index (χ3n) is 1.68. The zero-order valence-corrected chi connectivity index (χ0v) is 9.30. The molecule has 0 amide bonds. The molecule has 0 saturated heterocycles. The van der Waals surface area contributed by atoms with Crippen LogP contribution in [0.5, 0.6) is 0 Å². The normalized spacial score (nSPS) is 10.1. The van der Waals surface area contributed by atoms with Gasteiger partial charge in [-0.15, -0.1) is 11.8 Å². The van der Waals surface area contributed by atoms with E-state index in [0.717, 1.165) is 16.3 Å². The number of thioether (sulfide) groups is 1. The largest absolute Gasteiger partial charge is 0.299 e. The van der Waals surface area contributed by atoms with Gasteiger partial charge in [-0.1, -0.05) is 23.7 Å². The molecule has 0 saturated carbocycles. The minimum absolute atomic E-state index is 0.646. The van der Waals surface area contributed by atoms with Gasteiger partial charge in [0.15, 0.2) is 0 Å². The number of benzene rings is 1. The van der Waals surface area contributed by atoms with Crippen molar-refractivity contribution in [1.82, 2.24) is 0 Å². The van der Waals surface area contributed by atoms with Crippen molar-refractivity contribution in [3.63, 3.8) is 0 Å². The summed E-state index contributed by atoms with van der Waals surface area (Å²) >= 11 is 7.43. The zero-order valence-electron chi connectivity index (χ0n) is 7.73. The van der Waals surface area contributed by atoms with Gasteiger partial charge in [-0.05, 0) is 31.0 Å². The molecule has 0 bridgehead atoms. The van der Waals surface area contributed by atoms with Gasteiger partial charge >= 0.3 is 0 Å².